The zero-order valence-corrected chi connectivity index (χ0v) is 15.4. The Bertz CT molecular complexity index is 643. The smallest absolute Gasteiger partial charge is 0.193 e. The van der Waals surface area contributed by atoms with Gasteiger partial charge in [-0.05, 0) is 49.9 Å². The van der Waals surface area contributed by atoms with Crippen LogP contribution in [0.5, 0.6) is 0 Å². The Hall–Kier alpha value is -2.56. The molecule has 2 aromatic rings. The van der Waals surface area contributed by atoms with E-state index in [2.05, 4.69) is 60.1 Å². The Labute approximate surface area is 151 Å². The molecule has 134 valence electrons. The molecule has 0 spiro atoms. The summed E-state index contributed by atoms with van der Waals surface area (Å²) in [7, 11) is 2.09. The molecule has 5 heteroatoms. The van der Waals surface area contributed by atoms with E-state index in [1.165, 1.54) is 5.56 Å². The number of aromatic nitrogens is 2. The highest BCUT2D eigenvalue weighted by Crippen LogP contribution is 2.09. The normalized spacial score (nSPS) is 11.4. The minimum absolute atomic E-state index is 0.773. The van der Waals surface area contributed by atoms with Gasteiger partial charge in [0.05, 0.1) is 5.69 Å². The van der Waals surface area contributed by atoms with Gasteiger partial charge in [-0.2, -0.15) is 5.10 Å². The molecule has 2 rings (SSSR count). The lowest BCUT2D eigenvalue weighted by molar-refractivity contribution is 0.470. The van der Waals surface area contributed by atoms with Gasteiger partial charge in [0.15, 0.2) is 5.96 Å². The minimum Gasteiger partial charge on any atom is -0.357 e. The molecule has 0 radical (unpaired) electrons. The van der Waals surface area contributed by atoms with Crippen molar-refractivity contribution in [3.05, 3.63) is 60.9 Å². The predicted molar refractivity (Wildman–Crippen MR) is 105 cm³/mol. The van der Waals surface area contributed by atoms with E-state index in [0.29, 0.717) is 0 Å². The molecule has 0 amide bonds. The van der Waals surface area contributed by atoms with E-state index < -0.39 is 0 Å². The van der Waals surface area contributed by atoms with E-state index in [9.17, 15) is 0 Å². The number of allylic oxidation sites excluding steroid dienone is 1. The lowest BCUT2D eigenvalue weighted by atomic mass is 10.1. The first kappa shape index (κ1) is 18.8. The topological polar surface area (TPSA) is 45.5 Å². The lowest BCUT2D eigenvalue weighted by Crippen LogP contribution is -2.39. The summed E-state index contributed by atoms with van der Waals surface area (Å²) < 4.78 is 1.86. The van der Waals surface area contributed by atoms with E-state index in [-0.39, 0.29) is 0 Å². The molecule has 1 heterocycles. The van der Waals surface area contributed by atoms with Crippen molar-refractivity contribution >= 4 is 5.96 Å². The average Bonchev–Trinajstić information content (AvgIpc) is 3.16. The van der Waals surface area contributed by atoms with Crippen molar-refractivity contribution in [1.82, 2.24) is 20.0 Å². The summed E-state index contributed by atoms with van der Waals surface area (Å²) in [5.74, 6) is 0.972. The average molecular weight is 339 g/mol. The fourth-order valence-corrected chi connectivity index (χ4v) is 2.58. The number of guanidine groups is 1. The van der Waals surface area contributed by atoms with Crippen LogP contribution in [0, 0.1) is 0 Å². The molecule has 0 aliphatic rings. The van der Waals surface area contributed by atoms with Crippen molar-refractivity contribution in [3.63, 3.8) is 0 Å². The second kappa shape index (κ2) is 10.3. The molecule has 1 N–H and O–H groups in total. The zero-order valence-electron chi connectivity index (χ0n) is 15.4. The molecule has 0 atom stereocenters. The Morgan fingerprint density at radius 1 is 1.36 bits per heavy atom. The molecule has 0 aliphatic heterocycles. The van der Waals surface area contributed by atoms with Gasteiger partial charge in [0, 0.05) is 39.1 Å². The molecule has 1 aromatic heterocycles. The highest BCUT2D eigenvalue weighted by Gasteiger charge is 2.04. The van der Waals surface area contributed by atoms with Crippen LogP contribution in [0.1, 0.15) is 25.3 Å². The molecular weight excluding hydrogens is 310 g/mol. The Balaban J connectivity index is 1.88. The summed E-state index contributed by atoms with van der Waals surface area (Å²) in [6.45, 7) is 8.51. The number of rotatable bonds is 9. The Morgan fingerprint density at radius 3 is 2.80 bits per heavy atom. The maximum Gasteiger partial charge on any atom is 0.193 e. The molecule has 0 saturated heterocycles. The largest absolute Gasteiger partial charge is 0.357 e. The summed E-state index contributed by atoms with van der Waals surface area (Å²) in [5.41, 5.74) is 2.36. The van der Waals surface area contributed by atoms with Gasteiger partial charge in [0.25, 0.3) is 0 Å². The van der Waals surface area contributed by atoms with Gasteiger partial charge in [-0.3, -0.25) is 4.99 Å². The maximum atomic E-state index is 4.75. The molecule has 0 bridgehead atoms. The van der Waals surface area contributed by atoms with Crippen LogP contribution in [0.2, 0.25) is 0 Å². The van der Waals surface area contributed by atoms with Crippen LogP contribution in [-0.2, 0) is 6.42 Å². The molecule has 1 aromatic carbocycles. The summed E-state index contributed by atoms with van der Waals surface area (Å²) in [5, 5.41) is 7.61. The van der Waals surface area contributed by atoms with Crippen molar-refractivity contribution in [2.24, 2.45) is 4.99 Å². The summed E-state index contributed by atoms with van der Waals surface area (Å²) in [4.78, 5) is 6.94. The fraction of sp³-hybridized carbons (Fsp3) is 0.400. The highest BCUT2D eigenvalue weighted by molar-refractivity contribution is 5.79. The van der Waals surface area contributed by atoms with E-state index in [0.717, 1.165) is 50.5 Å². The molecule has 0 saturated carbocycles. The van der Waals surface area contributed by atoms with Gasteiger partial charge in [-0.25, -0.2) is 4.68 Å². The van der Waals surface area contributed by atoms with Crippen LogP contribution in [0.3, 0.4) is 0 Å². The van der Waals surface area contributed by atoms with Gasteiger partial charge in [0.1, 0.15) is 0 Å². The molecule has 0 fully saturated rings. The summed E-state index contributed by atoms with van der Waals surface area (Å²) in [6, 6.07) is 10.4. The van der Waals surface area contributed by atoms with Gasteiger partial charge in [0.2, 0.25) is 0 Å². The highest BCUT2D eigenvalue weighted by atomic mass is 15.3. The first-order valence-electron chi connectivity index (χ1n) is 8.94. The Morgan fingerprint density at radius 2 is 2.16 bits per heavy atom. The second-order valence-corrected chi connectivity index (χ2v) is 5.96. The summed E-state index contributed by atoms with van der Waals surface area (Å²) >= 11 is 0. The third kappa shape index (κ3) is 6.10. The number of benzene rings is 1. The number of nitrogens with one attached hydrogen (secondary N) is 1. The van der Waals surface area contributed by atoms with E-state index >= 15 is 0 Å². The van der Waals surface area contributed by atoms with Crippen molar-refractivity contribution in [2.75, 3.05) is 26.7 Å². The Kier molecular flexibility index (Phi) is 7.76. The van der Waals surface area contributed by atoms with Crippen molar-refractivity contribution < 1.29 is 0 Å². The van der Waals surface area contributed by atoms with Gasteiger partial charge >= 0.3 is 0 Å². The predicted octanol–water partition coefficient (Wildman–Crippen LogP) is 3.28. The first-order chi connectivity index (χ1) is 12.2. The standard InChI is InChI=1S/C20H29N5/c1-4-6-7-16-24(3)20(21-5-2)22-15-13-18-9-11-19(12-10-18)25-17-8-14-23-25/h4,8-12,14,17H,1,5-7,13,15-16H2,2-3H3,(H,21,22). The fourth-order valence-electron chi connectivity index (χ4n) is 2.58. The number of aliphatic imine (C=N–C) groups is 1. The maximum absolute atomic E-state index is 4.75. The molecule has 5 nitrogen and oxygen atoms in total. The van der Waals surface area contributed by atoms with Crippen molar-refractivity contribution in [2.45, 2.75) is 26.2 Å². The van der Waals surface area contributed by atoms with Crippen LogP contribution in [0.15, 0.2) is 60.4 Å². The number of hydrogen-bond donors (Lipinski definition) is 1. The zero-order chi connectivity index (χ0) is 17.9. The minimum atomic E-state index is 0.773. The van der Waals surface area contributed by atoms with Crippen LogP contribution in [0.25, 0.3) is 5.69 Å². The van der Waals surface area contributed by atoms with E-state index in [4.69, 9.17) is 4.99 Å². The van der Waals surface area contributed by atoms with Crippen LogP contribution < -0.4 is 5.32 Å². The third-order valence-corrected chi connectivity index (χ3v) is 3.97. The molecule has 25 heavy (non-hydrogen) atoms. The quantitative estimate of drug-likeness (QED) is 0.330. The van der Waals surface area contributed by atoms with Crippen LogP contribution in [0.4, 0.5) is 0 Å². The number of nitrogens with zero attached hydrogens (tertiary/aromatic N) is 4. The van der Waals surface area contributed by atoms with Gasteiger partial charge in [-0.1, -0.05) is 18.2 Å². The SMILES string of the molecule is C=CCCCN(C)C(=NCCc1ccc(-n2cccn2)cc1)NCC. The molecule has 0 aliphatic carbocycles. The van der Waals surface area contributed by atoms with Crippen molar-refractivity contribution in [3.8, 4) is 5.69 Å². The summed E-state index contributed by atoms with van der Waals surface area (Å²) in [6.07, 6.45) is 8.76. The monoisotopic (exact) mass is 339 g/mol. The molecule has 0 unspecified atom stereocenters. The van der Waals surface area contributed by atoms with Crippen LogP contribution in [-0.4, -0.2) is 47.3 Å². The van der Waals surface area contributed by atoms with Crippen molar-refractivity contribution in [1.29, 1.82) is 0 Å². The molecular formula is C20H29N5. The van der Waals surface area contributed by atoms with E-state index in [1.807, 2.05) is 23.0 Å². The second-order valence-electron chi connectivity index (χ2n) is 5.96. The third-order valence-electron chi connectivity index (χ3n) is 3.97. The van der Waals surface area contributed by atoms with E-state index in [1.54, 1.807) is 6.20 Å². The first-order valence-corrected chi connectivity index (χ1v) is 8.94. The number of hydrogen-bond acceptors (Lipinski definition) is 2. The van der Waals surface area contributed by atoms with Crippen LogP contribution >= 0.6 is 0 Å². The van der Waals surface area contributed by atoms with Gasteiger partial charge < -0.3 is 10.2 Å². The number of unbranched alkanes of at least 4 members (excludes halogenated alkanes) is 1. The lowest BCUT2D eigenvalue weighted by Gasteiger charge is -2.21. The van der Waals surface area contributed by atoms with Gasteiger partial charge in [-0.15, -0.1) is 6.58 Å².